The van der Waals surface area contributed by atoms with Gasteiger partial charge in [0.05, 0.1) is 20.1 Å². The Labute approximate surface area is 271 Å². The second-order valence-corrected chi connectivity index (χ2v) is 10.0. The van der Waals surface area contributed by atoms with E-state index in [4.69, 9.17) is 0 Å². The maximum absolute atomic E-state index is 14.0. The van der Waals surface area contributed by atoms with Gasteiger partial charge in [-0.05, 0) is 24.6 Å². The zero-order valence-electron chi connectivity index (χ0n) is 24.5. The van der Waals surface area contributed by atoms with Gasteiger partial charge in [-0.1, -0.05) is 6.07 Å². The van der Waals surface area contributed by atoms with Crippen LogP contribution < -0.4 is 10.6 Å². The van der Waals surface area contributed by atoms with E-state index in [-0.39, 0.29) is 11.3 Å². The third-order valence-electron chi connectivity index (χ3n) is 6.53. The van der Waals surface area contributed by atoms with E-state index in [0.29, 0.717) is 0 Å². The number of anilines is 2. The molecule has 6 nitrogen and oxygen atoms in total. The van der Waals surface area contributed by atoms with Gasteiger partial charge in [0, 0.05) is 11.4 Å². The van der Waals surface area contributed by atoms with Gasteiger partial charge in [0.1, 0.15) is 0 Å². The van der Waals surface area contributed by atoms with Crippen LogP contribution in [0.15, 0.2) is 18.2 Å². The lowest BCUT2D eigenvalue weighted by Crippen LogP contribution is -2.77. The molecule has 0 saturated carbocycles. The Morgan fingerprint density at radius 3 is 1.27 bits per heavy atom. The zero-order chi connectivity index (χ0) is 41.8. The first-order valence-electron chi connectivity index (χ1n) is 12.5. The number of rotatable bonds is 14. The smallest absolute Gasteiger partial charge is 0.453 e. The van der Waals surface area contributed by atoms with Gasteiger partial charge in [0.2, 0.25) is 0 Å². The van der Waals surface area contributed by atoms with Crippen molar-refractivity contribution in [3.63, 3.8) is 0 Å². The molecule has 2 N–H and O–H groups in total. The fraction of sp³-hybridized carbons (Fsp3) is 0.652. The highest BCUT2D eigenvalue weighted by Gasteiger charge is 2.98. The molecule has 0 spiro atoms. The summed E-state index contributed by atoms with van der Waals surface area (Å²) in [5.41, 5.74) is -0.308. The van der Waals surface area contributed by atoms with Gasteiger partial charge >= 0.3 is 77.6 Å². The van der Waals surface area contributed by atoms with E-state index in [1.54, 1.807) is 5.32 Å². The fourth-order valence-corrected chi connectivity index (χ4v) is 3.37. The van der Waals surface area contributed by atoms with Crippen molar-refractivity contribution in [3.8, 4) is 0 Å². The summed E-state index contributed by atoms with van der Waals surface area (Å²) in [6, 6.07) is 3.00. The van der Waals surface area contributed by atoms with Crippen molar-refractivity contribution < 1.29 is 120 Å². The van der Waals surface area contributed by atoms with E-state index in [0.717, 1.165) is 25.3 Å². The summed E-state index contributed by atoms with van der Waals surface area (Å²) in [6.07, 6.45) is -14.4. The van der Waals surface area contributed by atoms with E-state index in [2.05, 4.69) is 14.8 Å². The Morgan fingerprint density at radius 2 is 0.904 bits per heavy atom. The van der Waals surface area contributed by atoms with Crippen molar-refractivity contribution in [1.29, 1.82) is 0 Å². The highest BCUT2D eigenvalue weighted by atomic mass is 19.4. The minimum Gasteiger partial charge on any atom is -0.453 e. The molecule has 1 aromatic carbocycles. The third kappa shape index (κ3) is 6.97. The van der Waals surface area contributed by atoms with Crippen molar-refractivity contribution in [2.24, 2.45) is 0 Å². The molecule has 0 aliphatic heterocycles. The van der Waals surface area contributed by atoms with Crippen LogP contribution >= 0.6 is 0 Å². The summed E-state index contributed by atoms with van der Waals surface area (Å²) in [4.78, 5) is 23.1. The summed E-state index contributed by atoms with van der Waals surface area (Å²) < 4.78 is 319. The number of aryl methyl sites for hydroxylation is 1. The lowest BCUT2D eigenvalue weighted by molar-refractivity contribution is -0.478. The number of carbonyl (C=O) groups is 2. The summed E-state index contributed by atoms with van der Waals surface area (Å²) in [7, 11) is 0.905. The van der Waals surface area contributed by atoms with Gasteiger partial charge in [0.15, 0.2) is 0 Å². The van der Waals surface area contributed by atoms with Crippen LogP contribution in [-0.4, -0.2) is 91.3 Å². The second-order valence-electron chi connectivity index (χ2n) is 10.0. The topological polar surface area (TPSA) is 76.7 Å². The summed E-state index contributed by atoms with van der Waals surface area (Å²) in [5, 5.41) is 3.72. The van der Waals surface area contributed by atoms with Crippen molar-refractivity contribution >= 4 is 23.6 Å². The molecular formula is C23H15F23N2O4. The molecule has 0 saturated heterocycles. The molecular weight excluding hydrogens is 805 g/mol. The third-order valence-corrected chi connectivity index (χ3v) is 6.53. The van der Waals surface area contributed by atoms with Gasteiger partial charge in [-0.2, -0.15) is 101 Å². The number of alkyl halides is 23. The molecule has 0 heterocycles. The summed E-state index contributed by atoms with van der Waals surface area (Å²) in [5.74, 6) is -88.7. The van der Waals surface area contributed by atoms with Crippen LogP contribution in [0, 0.1) is 6.92 Å². The van der Waals surface area contributed by atoms with Crippen molar-refractivity contribution in [2.45, 2.75) is 78.7 Å². The minimum absolute atomic E-state index is 0.129. The highest BCUT2D eigenvalue weighted by Crippen LogP contribution is 2.67. The Kier molecular flexibility index (Phi) is 12.0. The highest BCUT2D eigenvalue weighted by molar-refractivity contribution is 5.89. The summed E-state index contributed by atoms with van der Waals surface area (Å²) >= 11 is 0. The second kappa shape index (κ2) is 13.5. The summed E-state index contributed by atoms with van der Waals surface area (Å²) in [6.45, 7) is -0.973. The van der Waals surface area contributed by atoms with Crippen LogP contribution in [0.4, 0.5) is 122 Å². The van der Waals surface area contributed by atoms with Crippen LogP contribution in [0.5, 0.6) is 0 Å². The normalized spacial score (nSPS) is 14.9. The number of hydrogen-bond acceptors (Lipinski definition) is 4. The number of hydrogen-bond donors (Lipinski definition) is 2. The van der Waals surface area contributed by atoms with E-state index < -0.39 is 96.3 Å². The average molecular weight is 820 g/mol. The predicted molar refractivity (Wildman–Crippen MR) is 122 cm³/mol. The molecule has 52 heavy (non-hydrogen) atoms. The quantitative estimate of drug-likeness (QED) is 0.183. The zero-order valence-corrected chi connectivity index (χ0v) is 24.5. The van der Waals surface area contributed by atoms with Gasteiger partial charge in [-0.15, -0.1) is 0 Å². The molecule has 0 unspecified atom stereocenters. The number of ether oxygens (including phenoxy) is 2. The largest absolute Gasteiger partial charge is 0.460 e. The van der Waals surface area contributed by atoms with Crippen molar-refractivity contribution in [1.82, 2.24) is 0 Å². The predicted octanol–water partition coefficient (Wildman–Crippen LogP) is 10.0. The number of amides is 2. The maximum atomic E-state index is 14.0. The number of nitrogens with one attached hydrogen (secondary N) is 2. The Hall–Kier alpha value is -3.85. The molecule has 0 fully saturated rings. The molecule has 1 aromatic rings. The fourth-order valence-electron chi connectivity index (χ4n) is 3.37. The molecule has 302 valence electrons. The number of methoxy groups -OCH3 is 1. The first-order chi connectivity index (χ1) is 22.7. The number of halogens is 23. The Morgan fingerprint density at radius 1 is 0.538 bits per heavy atom. The first kappa shape index (κ1) is 46.2. The van der Waals surface area contributed by atoms with Gasteiger partial charge in [-0.3, -0.25) is 10.6 Å². The number of carbonyl (C=O) groups excluding carboxylic acids is 2. The maximum Gasteiger partial charge on any atom is 0.460 e. The molecule has 0 bridgehead atoms. The van der Waals surface area contributed by atoms with Crippen LogP contribution in [0.2, 0.25) is 0 Å². The van der Waals surface area contributed by atoms with Crippen LogP contribution in [0.25, 0.3) is 0 Å². The van der Waals surface area contributed by atoms with Crippen molar-refractivity contribution in [2.75, 3.05) is 24.4 Å². The van der Waals surface area contributed by atoms with E-state index in [9.17, 15) is 111 Å². The average Bonchev–Trinajstić information content (AvgIpc) is 2.97. The van der Waals surface area contributed by atoms with Crippen LogP contribution in [0.3, 0.4) is 0 Å². The van der Waals surface area contributed by atoms with E-state index >= 15 is 0 Å². The molecule has 2 amide bonds. The molecule has 29 heteroatoms. The SMILES string of the molecule is COC(=O)Nc1cc(NC(=O)OCCC(F)(F)C(F)(F)C(F)(F)C(F)(F)C(F)(F)C(F)(F)C(F)(F)C(F)(F)C(F)(F)C(F)(F)C(F)(F)F)ccc1C. The molecule has 1 rings (SSSR count). The first-order valence-corrected chi connectivity index (χ1v) is 12.5. The Balaban J connectivity index is 3.41. The van der Waals surface area contributed by atoms with Crippen LogP contribution in [0.1, 0.15) is 12.0 Å². The molecule has 0 aliphatic rings. The lowest BCUT2D eigenvalue weighted by atomic mass is 9.85. The van der Waals surface area contributed by atoms with Gasteiger partial charge < -0.3 is 9.47 Å². The van der Waals surface area contributed by atoms with E-state index in [1.165, 1.54) is 6.92 Å². The number of benzene rings is 1. The molecule has 0 aromatic heterocycles. The minimum atomic E-state index is -9.49. The molecule has 0 radical (unpaired) electrons. The van der Waals surface area contributed by atoms with Gasteiger partial charge in [0.25, 0.3) is 0 Å². The molecule has 0 atom stereocenters. The van der Waals surface area contributed by atoms with Gasteiger partial charge in [-0.25, -0.2) is 9.59 Å². The van der Waals surface area contributed by atoms with E-state index in [1.807, 2.05) is 0 Å². The lowest BCUT2D eigenvalue weighted by Gasteiger charge is -2.45. The van der Waals surface area contributed by atoms with Crippen molar-refractivity contribution in [3.05, 3.63) is 23.8 Å². The van der Waals surface area contributed by atoms with Crippen LogP contribution in [-0.2, 0) is 9.47 Å². The monoisotopic (exact) mass is 820 g/mol. The standard InChI is InChI=1S/C23H15F23N2O4/c1-8-3-4-9(7-10(8)48-11(49)51-2)47-12(50)52-6-5-13(24,25)14(26,27)15(28,29)16(30,31)17(32,33)18(34,35)19(36,37)20(38,39)21(40,41)22(42,43)23(44,45)46/h3-4,7H,5-6H2,1-2H3,(H,47,50)(H,48,49). The Bertz CT molecular complexity index is 1470. The molecule has 0 aliphatic carbocycles.